The van der Waals surface area contributed by atoms with Gasteiger partial charge in [0.1, 0.15) is 0 Å². The van der Waals surface area contributed by atoms with E-state index >= 15 is 0 Å². The Hall–Kier alpha value is -2.45. The number of benzene rings is 2. The average molecular weight is 458 g/mol. The molecule has 0 saturated carbocycles. The molecule has 9 heteroatoms. The zero-order valence-electron chi connectivity index (χ0n) is 16.8. The van der Waals surface area contributed by atoms with Crippen molar-refractivity contribution in [3.8, 4) is 0 Å². The van der Waals surface area contributed by atoms with E-state index in [2.05, 4.69) is 10.3 Å². The largest absolute Gasteiger partial charge is 0.384 e. The summed E-state index contributed by atoms with van der Waals surface area (Å²) in [4.78, 5) is 5.95. The second kappa shape index (κ2) is 10.2. The fourth-order valence-corrected chi connectivity index (χ4v) is 3.57. The van der Waals surface area contributed by atoms with E-state index in [-0.39, 0.29) is 6.54 Å². The zero-order chi connectivity index (χ0) is 22.5. The summed E-state index contributed by atoms with van der Waals surface area (Å²) in [7, 11) is 0. The summed E-state index contributed by atoms with van der Waals surface area (Å²) in [5.41, 5.74) is 0.801. The number of nitrogens with zero attached hydrogens (tertiary/aromatic N) is 2. The SMILES string of the molecule is CCCN(CCCNc1ccnc2cc(Cl)ccc12)Cc1c(F)c(F)c(F)c(F)c1F. The van der Waals surface area contributed by atoms with Crippen LogP contribution in [0.5, 0.6) is 0 Å². The van der Waals surface area contributed by atoms with Crippen LogP contribution in [-0.2, 0) is 6.54 Å². The van der Waals surface area contributed by atoms with Crippen LogP contribution in [0.15, 0.2) is 30.5 Å². The average Bonchev–Trinajstić information content (AvgIpc) is 2.76. The monoisotopic (exact) mass is 457 g/mol. The number of hydrogen-bond donors (Lipinski definition) is 1. The summed E-state index contributed by atoms with van der Waals surface area (Å²) in [5.74, 6) is -9.54. The molecule has 0 aliphatic heterocycles. The lowest BCUT2D eigenvalue weighted by Crippen LogP contribution is -2.28. The minimum atomic E-state index is -2.14. The van der Waals surface area contributed by atoms with Gasteiger partial charge in [0, 0.05) is 47.5 Å². The third-order valence-electron chi connectivity index (χ3n) is 4.89. The summed E-state index contributed by atoms with van der Waals surface area (Å²) in [5, 5.41) is 4.77. The van der Waals surface area contributed by atoms with Crippen LogP contribution in [0, 0.1) is 29.1 Å². The molecule has 1 heterocycles. The van der Waals surface area contributed by atoms with Crippen molar-refractivity contribution < 1.29 is 22.0 Å². The minimum absolute atomic E-state index is 0.365. The number of nitrogens with one attached hydrogen (secondary N) is 1. The highest BCUT2D eigenvalue weighted by Crippen LogP contribution is 2.25. The van der Waals surface area contributed by atoms with Crippen LogP contribution in [-0.4, -0.2) is 29.5 Å². The Morgan fingerprint density at radius 1 is 0.935 bits per heavy atom. The van der Waals surface area contributed by atoms with Crippen molar-refractivity contribution in [3.05, 3.63) is 70.1 Å². The highest BCUT2D eigenvalue weighted by molar-refractivity contribution is 6.31. The van der Waals surface area contributed by atoms with E-state index in [4.69, 9.17) is 11.6 Å². The van der Waals surface area contributed by atoms with E-state index in [1.165, 1.54) is 0 Å². The highest BCUT2D eigenvalue weighted by Gasteiger charge is 2.26. The van der Waals surface area contributed by atoms with E-state index in [1.54, 1.807) is 23.2 Å². The van der Waals surface area contributed by atoms with Crippen molar-refractivity contribution in [2.45, 2.75) is 26.3 Å². The molecular formula is C22H21ClF5N3. The van der Waals surface area contributed by atoms with Gasteiger partial charge in [0.15, 0.2) is 23.3 Å². The van der Waals surface area contributed by atoms with Crippen LogP contribution in [0.4, 0.5) is 27.6 Å². The third kappa shape index (κ3) is 5.25. The van der Waals surface area contributed by atoms with Crippen molar-refractivity contribution in [1.29, 1.82) is 0 Å². The highest BCUT2D eigenvalue weighted by atomic mass is 35.5. The lowest BCUT2D eigenvalue weighted by Gasteiger charge is -2.23. The molecule has 0 saturated heterocycles. The quantitative estimate of drug-likeness (QED) is 0.177. The lowest BCUT2D eigenvalue weighted by atomic mass is 10.1. The molecule has 1 N–H and O–H groups in total. The first-order chi connectivity index (χ1) is 14.8. The molecule has 0 spiro atoms. The van der Waals surface area contributed by atoms with Gasteiger partial charge in [-0.05, 0) is 43.7 Å². The molecule has 0 aliphatic carbocycles. The van der Waals surface area contributed by atoms with Gasteiger partial charge in [-0.25, -0.2) is 22.0 Å². The Labute approximate surface area is 181 Å². The molecule has 0 aliphatic rings. The van der Waals surface area contributed by atoms with Crippen molar-refractivity contribution in [2.75, 3.05) is 25.0 Å². The Morgan fingerprint density at radius 3 is 2.29 bits per heavy atom. The van der Waals surface area contributed by atoms with Crippen molar-refractivity contribution in [1.82, 2.24) is 9.88 Å². The van der Waals surface area contributed by atoms with Gasteiger partial charge in [0.05, 0.1) is 5.52 Å². The molecule has 0 radical (unpaired) electrons. The lowest BCUT2D eigenvalue weighted by molar-refractivity contribution is 0.251. The molecule has 3 rings (SSSR count). The predicted octanol–water partition coefficient (Wildman–Crippen LogP) is 6.30. The van der Waals surface area contributed by atoms with Gasteiger partial charge in [-0.3, -0.25) is 9.88 Å². The molecule has 0 fully saturated rings. The molecule has 31 heavy (non-hydrogen) atoms. The molecule has 3 nitrogen and oxygen atoms in total. The topological polar surface area (TPSA) is 28.2 Å². The molecule has 2 aromatic carbocycles. The number of fused-ring (bicyclic) bond motifs is 1. The first kappa shape index (κ1) is 23.2. The number of pyridine rings is 1. The molecule has 0 amide bonds. The van der Waals surface area contributed by atoms with Gasteiger partial charge in [-0.15, -0.1) is 0 Å². The minimum Gasteiger partial charge on any atom is -0.384 e. The first-order valence-electron chi connectivity index (χ1n) is 9.84. The molecule has 166 valence electrons. The smallest absolute Gasteiger partial charge is 0.200 e. The molecule has 0 atom stereocenters. The maximum absolute atomic E-state index is 14.0. The van der Waals surface area contributed by atoms with Crippen LogP contribution in [0.2, 0.25) is 5.02 Å². The van der Waals surface area contributed by atoms with Gasteiger partial charge in [-0.2, -0.15) is 0 Å². The van der Waals surface area contributed by atoms with Crippen molar-refractivity contribution in [2.24, 2.45) is 0 Å². The summed E-state index contributed by atoms with van der Waals surface area (Å²) in [6, 6.07) is 7.22. The Bertz CT molecular complexity index is 1050. The second-order valence-corrected chi connectivity index (χ2v) is 7.56. The fraction of sp³-hybridized carbons (Fsp3) is 0.318. The van der Waals surface area contributed by atoms with Crippen LogP contribution < -0.4 is 5.32 Å². The van der Waals surface area contributed by atoms with Gasteiger partial charge < -0.3 is 5.32 Å². The molecule has 0 unspecified atom stereocenters. The van der Waals surface area contributed by atoms with Crippen molar-refractivity contribution in [3.63, 3.8) is 0 Å². The normalized spacial score (nSPS) is 11.5. The molecule has 1 aromatic heterocycles. The maximum Gasteiger partial charge on any atom is 0.200 e. The third-order valence-corrected chi connectivity index (χ3v) is 5.13. The zero-order valence-corrected chi connectivity index (χ0v) is 17.5. The molecule has 0 bridgehead atoms. The van der Waals surface area contributed by atoms with Crippen LogP contribution in [0.1, 0.15) is 25.3 Å². The number of rotatable bonds is 9. The first-order valence-corrected chi connectivity index (χ1v) is 10.2. The maximum atomic E-state index is 14.0. The Balaban J connectivity index is 1.65. The van der Waals surface area contributed by atoms with E-state index in [9.17, 15) is 22.0 Å². The number of aromatic nitrogens is 1. The predicted molar refractivity (Wildman–Crippen MR) is 112 cm³/mol. The van der Waals surface area contributed by atoms with E-state index < -0.39 is 34.6 Å². The van der Waals surface area contributed by atoms with Crippen LogP contribution >= 0.6 is 11.6 Å². The Kier molecular flexibility index (Phi) is 7.67. The van der Waals surface area contributed by atoms with Crippen LogP contribution in [0.25, 0.3) is 10.9 Å². The fourth-order valence-electron chi connectivity index (χ4n) is 3.40. The molecule has 3 aromatic rings. The van der Waals surface area contributed by atoms with E-state index in [0.29, 0.717) is 37.5 Å². The standard InChI is InChI=1S/C22H21ClF5N3/c1-2-9-31(12-15-18(24)20(26)22(28)21(27)19(15)25)10-3-7-29-16-6-8-30-17-11-13(23)4-5-14(16)17/h4-6,8,11H,2-3,7,9-10,12H2,1H3,(H,29,30). The van der Waals surface area contributed by atoms with Gasteiger partial charge in [0.25, 0.3) is 0 Å². The second-order valence-electron chi connectivity index (χ2n) is 7.12. The number of hydrogen-bond acceptors (Lipinski definition) is 3. The van der Waals surface area contributed by atoms with Gasteiger partial charge in [0.2, 0.25) is 5.82 Å². The van der Waals surface area contributed by atoms with Gasteiger partial charge >= 0.3 is 0 Å². The summed E-state index contributed by atoms with van der Waals surface area (Å²) < 4.78 is 68.3. The van der Waals surface area contributed by atoms with Crippen molar-refractivity contribution >= 4 is 28.2 Å². The molecular weight excluding hydrogens is 437 g/mol. The number of anilines is 1. The van der Waals surface area contributed by atoms with E-state index in [0.717, 1.165) is 16.6 Å². The summed E-state index contributed by atoms with van der Waals surface area (Å²) in [6.07, 6.45) is 2.92. The van der Waals surface area contributed by atoms with Gasteiger partial charge in [-0.1, -0.05) is 18.5 Å². The van der Waals surface area contributed by atoms with Crippen LogP contribution in [0.3, 0.4) is 0 Å². The summed E-state index contributed by atoms with van der Waals surface area (Å²) >= 11 is 5.99. The van der Waals surface area contributed by atoms with E-state index in [1.807, 2.05) is 19.1 Å². The number of halogens is 6. The summed E-state index contributed by atoms with van der Waals surface area (Å²) in [6.45, 7) is 2.92. The Morgan fingerprint density at radius 2 is 1.61 bits per heavy atom.